The van der Waals surface area contributed by atoms with E-state index in [0.29, 0.717) is 6.54 Å². The van der Waals surface area contributed by atoms with Crippen LogP contribution in [0.15, 0.2) is 42.5 Å². The van der Waals surface area contributed by atoms with Crippen LogP contribution in [0.2, 0.25) is 4.34 Å². The third kappa shape index (κ3) is 4.84. The van der Waals surface area contributed by atoms with Crippen molar-refractivity contribution < 1.29 is 4.79 Å². The van der Waals surface area contributed by atoms with Crippen molar-refractivity contribution in [2.24, 2.45) is 0 Å². The molecule has 5 heteroatoms. The van der Waals surface area contributed by atoms with Gasteiger partial charge in [0, 0.05) is 18.0 Å². The van der Waals surface area contributed by atoms with E-state index in [1.165, 1.54) is 0 Å². The Morgan fingerprint density at radius 2 is 2.00 bits per heavy atom. The maximum absolute atomic E-state index is 12.2. The number of likely N-dealkylation sites (N-methyl/N-ethyl adjacent to an activating group) is 1. The highest BCUT2D eigenvalue weighted by atomic mass is 35.5. The van der Waals surface area contributed by atoms with Crippen molar-refractivity contribution in [1.29, 1.82) is 0 Å². The third-order valence-electron chi connectivity index (χ3n) is 3.38. The molecule has 0 spiro atoms. The summed E-state index contributed by atoms with van der Waals surface area (Å²) in [6.07, 6.45) is 0. The zero-order chi connectivity index (χ0) is 15.2. The number of nitrogens with zero attached hydrogens (tertiary/aromatic N) is 1. The largest absolute Gasteiger partial charge is 0.351 e. The summed E-state index contributed by atoms with van der Waals surface area (Å²) in [5.74, 6) is 0.0315. The van der Waals surface area contributed by atoms with Crippen LogP contribution >= 0.6 is 22.9 Å². The molecule has 1 N–H and O–H groups in total. The Bertz CT molecular complexity index is 585. The van der Waals surface area contributed by atoms with E-state index in [9.17, 15) is 4.79 Å². The number of carbonyl (C=O) groups excluding carboxylic acids is 1. The SMILES string of the molecule is CC(C(=O)NCc1ccccc1)N(C)Cc1ccc(Cl)s1. The molecule has 0 bridgehead atoms. The lowest BCUT2D eigenvalue weighted by Gasteiger charge is -2.23. The predicted octanol–water partition coefficient (Wildman–Crippen LogP) is 3.54. The Kier molecular flexibility index (Phi) is 5.79. The van der Waals surface area contributed by atoms with Crippen LogP contribution in [0.4, 0.5) is 0 Å². The summed E-state index contributed by atoms with van der Waals surface area (Å²) in [7, 11) is 1.94. The van der Waals surface area contributed by atoms with Crippen LogP contribution in [-0.4, -0.2) is 23.9 Å². The van der Waals surface area contributed by atoms with Gasteiger partial charge in [-0.3, -0.25) is 9.69 Å². The van der Waals surface area contributed by atoms with Crippen LogP contribution in [0.3, 0.4) is 0 Å². The number of carbonyl (C=O) groups is 1. The molecule has 0 saturated carbocycles. The number of amides is 1. The summed E-state index contributed by atoms with van der Waals surface area (Å²) in [6.45, 7) is 3.19. The fourth-order valence-electron chi connectivity index (χ4n) is 1.95. The normalized spacial score (nSPS) is 12.4. The highest BCUT2D eigenvalue weighted by Gasteiger charge is 2.18. The highest BCUT2D eigenvalue weighted by molar-refractivity contribution is 7.16. The van der Waals surface area contributed by atoms with Crippen molar-refractivity contribution in [1.82, 2.24) is 10.2 Å². The topological polar surface area (TPSA) is 32.3 Å². The van der Waals surface area contributed by atoms with E-state index in [0.717, 1.165) is 21.3 Å². The molecule has 1 heterocycles. The van der Waals surface area contributed by atoms with Gasteiger partial charge in [0.2, 0.25) is 5.91 Å². The van der Waals surface area contributed by atoms with Crippen LogP contribution in [0.5, 0.6) is 0 Å². The van der Waals surface area contributed by atoms with Crippen molar-refractivity contribution in [2.75, 3.05) is 7.05 Å². The first-order valence-electron chi connectivity index (χ1n) is 6.82. The number of benzene rings is 1. The molecule has 3 nitrogen and oxygen atoms in total. The van der Waals surface area contributed by atoms with Gasteiger partial charge >= 0.3 is 0 Å². The van der Waals surface area contributed by atoms with Gasteiger partial charge in [-0.2, -0.15) is 0 Å². The Hall–Kier alpha value is -1.36. The van der Waals surface area contributed by atoms with Crippen LogP contribution < -0.4 is 5.32 Å². The summed E-state index contributed by atoms with van der Waals surface area (Å²) in [6, 6.07) is 13.6. The third-order valence-corrected chi connectivity index (χ3v) is 4.60. The summed E-state index contributed by atoms with van der Waals surface area (Å²) < 4.78 is 0.777. The molecule has 2 aromatic rings. The Morgan fingerprint density at radius 1 is 1.29 bits per heavy atom. The average molecular weight is 323 g/mol. The number of hydrogen-bond acceptors (Lipinski definition) is 3. The second-order valence-electron chi connectivity index (χ2n) is 5.00. The maximum Gasteiger partial charge on any atom is 0.237 e. The lowest BCUT2D eigenvalue weighted by molar-refractivity contribution is -0.125. The lowest BCUT2D eigenvalue weighted by Crippen LogP contribution is -2.42. The molecule has 112 valence electrons. The van der Waals surface area contributed by atoms with Crippen molar-refractivity contribution in [3.8, 4) is 0 Å². The van der Waals surface area contributed by atoms with E-state index in [1.54, 1.807) is 11.3 Å². The van der Waals surface area contributed by atoms with E-state index < -0.39 is 0 Å². The van der Waals surface area contributed by atoms with Gasteiger partial charge < -0.3 is 5.32 Å². The minimum atomic E-state index is -0.186. The molecule has 2 rings (SSSR count). The zero-order valence-electron chi connectivity index (χ0n) is 12.2. The second kappa shape index (κ2) is 7.59. The van der Waals surface area contributed by atoms with E-state index in [2.05, 4.69) is 5.32 Å². The van der Waals surface area contributed by atoms with Gasteiger partial charge in [0.1, 0.15) is 0 Å². The number of halogens is 1. The minimum Gasteiger partial charge on any atom is -0.351 e. The van der Waals surface area contributed by atoms with Crippen LogP contribution in [-0.2, 0) is 17.9 Å². The zero-order valence-corrected chi connectivity index (χ0v) is 13.7. The van der Waals surface area contributed by atoms with Crippen molar-refractivity contribution in [2.45, 2.75) is 26.1 Å². The van der Waals surface area contributed by atoms with Gasteiger partial charge in [-0.05, 0) is 31.7 Å². The van der Waals surface area contributed by atoms with E-state index in [4.69, 9.17) is 11.6 Å². The molecule has 0 radical (unpaired) electrons. The molecular weight excluding hydrogens is 304 g/mol. The summed E-state index contributed by atoms with van der Waals surface area (Å²) in [5.41, 5.74) is 1.10. The molecule has 1 amide bonds. The van der Waals surface area contributed by atoms with Crippen molar-refractivity contribution in [3.63, 3.8) is 0 Å². The fraction of sp³-hybridized carbons (Fsp3) is 0.312. The van der Waals surface area contributed by atoms with Crippen LogP contribution in [0.1, 0.15) is 17.4 Å². The summed E-state index contributed by atoms with van der Waals surface area (Å²) in [4.78, 5) is 15.4. The standard InChI is InChI=1S/C16H19ClN2OS/c1-12(19(2)11-14-8-9-15(17)21-14)16(20)18-10-13-6-4-3-5-7-13/h3-9,12H,10-11H2,1-2H3,(H,18,20). The monoisotopic (exact) mass is 322 g/mol. The minimum absolute atomic E-state index is 0.0315. The predicted molar refractivity (Wildman–Crippen MR) is 88.5 cm³/mol. The molecule has 0 aliphatic rings. The van der Waals surface area contributed by atoms with Gasteiger partial charge in [0.15, 0.2) is 0 Å². The molecule has 21 heavy (non-hydrogen) atoms. The van der Waals surface area contributed by atoms with Gasteiger partial charge in [0.25, 0.3) is 0 Å². The fourth-order valence-corrected chi connectivity index (χ4v) is 3.10. The molecule has 0 aliphatic heterocycles. The molecule has 1 unspecified atom stereocenters. The first kappa shape index (κ1) is 16.0. The van der Waals surface area contributed by atoms with Gasteiger partial charge in [-0.1, -0.05) is 41.9 Å². The molecular formula is C16H19ClN2OS. The Morgan fingerprint density at radius 3 is 2.62 bits per heavy atom. The molecule has 0 aliphatic carbocycles. The molecule has 1 atom stereocenters. The first-order valence-corrected chi connectivity index (χ1v) is 8.02. The van der Waals surface area contributed by atoms with Crippen molar-refractivity contribution >= 4 is 28.8 Å². The summed E-state index contributed by atoms with van der Waals surface area (Å²) in [5, 5.41) is 2.97. The van der Waals surface area contributed by atoms with Crippen molar-refractivity contribution in [3.05, 3.63) is 57.2 Å². The smallest absolute Gasteiger partial charge is 0.237 e. The van der Waals surface area contributed by atoms with E-state index in [1.807, 2.05) is 61.3 Å². The lowest BCUT2D eigenvalue weighted by atomic mass is 10.2. The second-order valence-corrected chi connectivity index (χ2v) is 6.80. The Balaban J connectivity index is 1.83. The van der Waals surface area contributed by atoms with E-state index in [-0.39, 0.29) is 11.9 Å². The molecule has 1 aromatic carbocycles. The van der Waals surface area contributed by atoms with Gasteiger partial charge in [-0.25, -0.2) is 0 Å². The average Bonchev–Trinajstić information content (AvgIpc) is 2.90. The Labute approximate surface area is 134 Å². The number of nitrogens with one attached hydrogen (secondary N) is 1. The van der Waals surface area contributed by atoms with E-state index >= 15 is 0 Å². The van der Waals surface area contributed by atoms with Gasteiger partial charge in [0.05, 0.1) is 10.4 Å². The quantitative estimate of drug-likeness (QED) is 0.882. The number of thiophene rings is 1. The number of rotatable bonds is 6. The molecule has 0 saturated heterocycles. The molecule has 1 aromatic heterocycles. The van der Waals surface area contributed by atoms with Crippen LogP contribution in [0.25, 0.3) is 0 Å². The molecule has 0 fully saturated rings. The summed E-state index contributed by atoms with van der Waals surface area (Å²) >= 11 is 7.47. The number of hydrogen-bond donors (Lipinski definition) is 1. The maximum atomic E-state index is 12.2. The van der Waals surface area contributed by atoms with Gasteiger partial charge in [-0.15, -0.1) is 11.3 Å². The van der Waals surface area contributed by atoms with Crippen LogP contribution in [0, 0.1) is 0 Å². The highest BCUT2D eigenvalue weighted by Crippen LogP contribution is 2.22. The first-order chi connectivity index (χ1) is 10.1.